The van der Waals surface area contributed by atoms with Gasteiger partial charge in [0.2, 0.25) is 28.6 Å². The lowest BCUT2D eigenvalue weighted by molar-refractivity contribution is -0.139. The quantitative estimate of drug-likeness (QED) is 0.546. The van der Waals surface area contributed by atoms with Crippen molar-refractivity contribution < 1.29 is 31.9 Å². The summed E-state index contributed by atoms with van der Waals surface area (Å²) in [6.45, 7) is 0.812. The Bertz CT molecular complexity index is 1230. The number of sulfonamides is 1. The van der Waals surface area contributed by atoms with E-state index in [1.807, 2.05) is 0 Å². The van der Waals surface area contributed by atoms with Gasteiger partial charge in [-0.15, -0.1) is 0 Å². The molecule has 1 fully saturated rings. The first-order valence-corrected chi connectivity index (χ1v) is 13.7. The monoisotopic (exact) mass is 519 g/mol. The van der Waals surface area contributed by atoms with Crippen molar-refractivity contribution in [2.75, 3.05) is 23.9 Å². The molecule has 1 aliphatic heterocycles. The molecule has 36 heavy (non-hydrogen) atoms. The van der Waals surface area contributed by atoms with Gasteiger partial charge in [-0.05, 0) is 38.0 Å². The molecule has 11 heteroatoms. The molecule has 1 aliphatic carbocycles. The van der Waals surface area contributed by atoms with Crippen molar-refractivity contribution in [2.24, 2.45) is 0 Å². The smallest absolute Gasteiger partial charge is 0.244 e. The van der Waals surface area contributed by atoms with Gasteiger partial charge < -0.3 is 19.7 Å². The fraction of sp³-hybridized carbons (Fsp3) is 0.440. The van der Waals surface area contributed by atoms with Gasteiger partial charge >= 0.3 is 0 Å². The zero-order chi connectivity index (χ0) is 25.9. The van der Waals surface area contributed by atoms with E-state index in [4.69, 9.17) is 9.47 Å². The predicted octanol–water partition coefficient (Wildman–Crippen LogP) is 2.80. The number of nitrogens with one attached hydrogen (secondary N) is 1. The van der Waals surface area contributed by atoms with Gasteiger partial charge in [0.1, 0.15) is 18.4 Å². The topological polar surface area (TPSA) is 105 Å². The van der Waals surface area contributed by atoms with E-state index in [0.717, 1.165) is 36.2 Å². The van der Waals surface area contributed by atoms with Crippen molar-refractivity contribution >= 4 is 27.5 Å². The third-order valence-corrected chi connectivity index (χ3v) is 7.63. The number of halogens is 1. The summed E-state index contributed by atoms with van der Waals surface area (Å²) in [5, 5.41) is 2.97. The summed E-state index contributed by atoms with van der Waals surface area (Å²) < 4.78 is 51.4. The maximum atomic E-state index is 14.5. The molecule has 4 rings (SSSR count). The number of fused-ring (bicyclic) bond motifs is 1. The third kappa shape index (κ3) is 5.89. The molecule has 1 N–H and O–H groups in total. The number of anilines is 1. The Morgan fingerprint density at radius 2 is 1.81 bits per heavy atom. The van der Waals surface area contributed by atoms with Gasteiger partial charge in [-0.1, -0.05) is 31.0 Å². The average Bonchev–Trinajstić information content (AvgIpc) is 3.52. The highest BCUT2D eigenvalue weighted by molar-refractivity contribution is 7.92. The maximum absolute atomic E-state index is 14.5. The van der Waals surface area contributed by atoms with Crippen LogP contribution in [0.5, 0.6) is 11.5 Å². The van der Waals surface area contributed by atoms with Crippen LogP contribution in [0.3, 0.4) is 0 Å². The summed E-state index contributed by atoms with van der Waals surface area (Å²) in [6.07, 6.45) is 4.77. The summed E-state index contributed by atoms with van der Waals surface area (Å²) in [7, 11) is -3.89. The minimum absolute atomic E-state index is 0.0145. The first kappa shape index (κ1) is 25.7. The van der Waals surface area contributed by atoms with E-state index in [1.165, 1.54) is 35.2 Å². The number of benzene rings is 2. The van der Waals surface area contributed by atoms with Crippen LogP contribution in [-0.4, -0.2) is 56.8 Å². The molecule has 2 aromatic carbocycles. The second-order valence-electron chi connectivity index (χ2n) is 9.09. The van der Waals surface area contributed by atoms with Crippen LogP contribution in [0.1, 0.15) is 38.2 Å². The lowest BCUT2D eigenvalue weighted by Crippen LogP contribution is -2.52. The standard InChI is InChI=1S/C25H30FN3O6S/c1-17(25(31)27-19-8-4-5-9-19)28(14-18-7-3-6-10-21(18)26)24(30)15-29(36(2,32)33)20-11-12-22-23(13-20)35-16-34-22/h3,6-7,10-13,17,19H,4-5,8-9,14-16H2,1-2H3,(H,27,31). The molecule has 1 saturated carbocycles. The Balaban J connectivity index is 1.60. The Hall–Kier alpha value is -3.34. The molecule has 1 atom stereocenters. The average molecular weight is 520 g/mol. The van der Waals surface area contributed by atoms with Crippen LogP contribution in [0.25, 0.3) is 0 Å². The molecule has 1 unspecified atom stereocenters. The van der Waals surface area contributed by atoms with Crippen molar-refractivity contribution in [3.05, 3.63) is 53.8 Å². The minimum atomic E-state index is -3.89. The van der Waals surface area contributed by atoms with Gasteiger partial charge in [-0.25, -0.2) is 12.8 Å². The van der Waals surface area contributed by atoms with Crippen LogP contribution in [0.15, 0.2) is 42.5 Å². The van der Waals surface area contributed by atoms with Gasteiger partial charge in [-0.2, -0.15) is 0 Å². The van der Waals surface area contributed by atoms with E-state index in [0.29, 0.717) is 11.5 Å². The molecule has 2 amide bonds. The number of hydrogen-bond acceptors (Lipinski definition) is 6. The van der Waals surface area contributed by atoms with Crippen molar-refractivity contribution in [1.29, 1.82) is 0 Å². The number of hydrogen-bond donors (Lipinski definition) is 1. The molecule has 0 aromatic heterocycles. The number of ether oxygens (including phenoxy) is 2. The molecular formula is C25H30FN3O6S. The molecule has 1 heterocycles. The zero-order valence-electron chi connectivity index (χ0n) is 20.3. The predicted molar refractivity (Wildman–Crippen MR) is 132 cm³/mol. The molecule has 2 aliphatic rings. The van der Waals surface area contributed by atoms with Crippen molar-refractivity contribution in [1.82, 2.24) is 10.2 Å². The lowest BCUT2D eigenvalue weighted by Gasteiger charge is -2.32. The van der Waals surface area contributed by atoms with Crippen LogP contribution in [0, 0.1) is 5.82 Å². The van der Waals surface area contributed by atoms with Crippen LogP contribution < -0.4 is 19.1 Å². The van der Waals surface area contributed by atoms with Crippen LogP contribution in [0.2, 0.25) is 0 Å². The summed E-state index contributed by atoms with van der Waals surface area (Å²) in [6, 6.07) is 9.62. The van der Waals surface area contributed by atoms with Crippen LogP contribution in [0.4, 0.5) is 10.1 Å². The van der Waals surface area contributed by atoms with Crippen LogP contribution in [-0.2, 0) is 26.2 Å². The number of carbonyl (C=O) groups excluding carboxylic acids is 2. The van der Waals surface area contributed by atoms with E-state index in [9.17, 15) is 22.4 Å². The molecule has 2 aromatic rings. The third-order valence-electron chi connectivity index (χ3n) is 6.49. The van der Waals surface area contributed by atoms with Crippen molar-refractivity contribution in [2.45, 2.75) is 51.2 Å². The summed E-state index contributed by atoms with van der Waals surface area (Å²) >= 11 is 0. The summed E-state index contributed by atoms with van der Waals surface area (Å²) in [5.41, 5.74) is 0.435. The Kier molecular flexibility index (Phi) is 7.67. The minimum Gasteiger partial charge on any atom is -0.454 e. The first-order chi connectivity index (χ1) is 17.1. The summed E-state index contributed by atoms with van der Waals surface area (Å²) in [5.74, 6) is -0.691. The molecule has 0 bridgehead atoms. The molecule has 9 nitrogen and oxygen atoms in total. The van der Waals surface area contributed by atoms with Crippen molar-refractivity contribution in [3.8, 4) is 11.5 Å². The SMILES string of the molecule is CC(C(=O)NC1CCCC1)N(Cc1ccccc1F)C(=O)CN(c1ccc2c(c1)OCO2)S(C)(=O)=O. The van der Waals surface area contributed by atoms with E-state index in [1.54, 1.807) is 19.1 Å². The number of carbonyl (C=O) groups is 2. The largest absolute Gasteiger partial charge is 0.454 e. The maximum Gasteiger partial charge on any atom is 0.244 e. The van der Waals surface area contributed by atoms with Gasteiger partial charge in [0.05, 0.1) is 11.9 Å². The Morgan fingerprint density at radius 3 is 2.50 bits per heavy atom. The van der Waals surface area contributed by atoms with Gasteiger partial charge in [0.15, 0.2) is 11.5 Å². The van der Waals surface area contributed by atoms with Gasteiger partial charge in [0, 0.05) is 24.2 Å². The van der Waals surface area contributed by atoms with E-state index >= 15 is 0 Å². The molecular weight excluding hydrogens is 489 g/mol. The molecule has 0 spiro atoms. The number of nitrogens with zero attached hydrogens (tertiary/aromatic N) is 2. The number of amides is 2. The van der Waals surface area contributed by atoms with Crippen molar-refractivity contribution in [3.63, 3.8) is 0 Å². The van der Waals surface area contributed by atoms with E-state index < -0.39 is 34.3 Å². The Labute approximate surface area is 210 Å². The molecule has 194 valence electrons. The number of rotatable bonds is 9. The van der Waals surface area contributed by atoms with E-state index in [2.05, 4.69) is 5.32 Å². The highest BCUT2D eigenvalue weighted by Crippen LogP contribution is 2.36. The van der Waals surface area contributed by atoms with Gasteiger partial charge in [0.25, 0.3) is 0 Å². The second-order valence-corrected chi connectivity index (χ2v) is 11.0. The normalized spacial score (nSPS) is 16.0. The zero-order valence-corrected chi connectivity index (χ0v) is 21.1. The molecule has 0 saturated heterocycles. The van der Waals surface area contributed by atoms with Crippen LogP contribution >= 0.6 is 0 Å². The van der Waals surface area contributed by atoms with E-state index in [-0.39, 0.29) is 36.5 Å². The first-order valence-electron chi connectivity index (χ1n) is 11.8. The Morgan fingerprint density at radius 1 is 1.11 bits per heavy atom. The summed E-state index contributed by atoms with van der Waals surface area (Å²) in [4.78, 5) is 27.8. The second kappa shape index (κ2) is 10.7. The molecule has 0 radical (unpaired) electrons. The fourth-order valence-electron chi connectivity index (χ4n) is 4.44. The fourth-order valence-corrected chi connectivity index (χ4v) is 5.28. The lowest BCUT2D eigenvalue weighted by atomic mass is 10.1. The highest BCUT2D eigenvalue weighted by atomic mass is 32.2. The highest BCUT2D eigenvalue weighted by Gasteiger charge is 2.32. The van der Waals surface area contributed by atoms with Gasteiger partial charge in [-0.3, -0.25) is 13.9 Å².